The van der Waals surface area contributed by atoms with Gasteiger partial charge in [-0.1, -0.05) is 0 Å². The summed E-state index contributed by atoms with van der Waals surface area (Å²) in [6, 6.07) is 0. The number of nitrogens with one attached hydrogen (secondary N) is 1. The van der Waals surface area contributed by atoms with E-state index < -0.39 is 0 Å². The number of carbonyl (C=O) groups excluding carboxylic acids is 1. The zero-order valence-electron chi connectivity index (χ0n) is 9.30. The standard InChI is InChI=1S/C10H20N2O2/c1-4-14-9(13)12-7-5-10(2,11-3)6-8-12/h11H,4-8H2,1-3H3. The van der Waals surface area contributed by atoms with Crippen LogP contribution in [0, 0.1) is 0 Å². The van der Waals surface area contributed by atoms with E-state index in [9.17, 15) is 4.79 Å². The monoisotopic (exact) mass is 200 g/mol. The molecule has 0 radical (unpaired) electrons. The molecule has 0 aromatic heterocycles. The molecule has 4 heteroatoms. The fourth-order valence-electron chi connectivity index (χ4n) is 1.65. The SMILES string of the molecule is CCOC(=O)N1CCC(C)(NC)CC1. The summed E-state index contributed by atoms with van der Waals surface area (Å²) in [7, 11) is 1.97. The van der Waals surface area contributed by atoms with Crippen LogP contribution in [0.1, 0.15) is 26.7 Å². The van der Waals surface area contributed by atoms with Gasteiger partial charge in [0.1, 0.15) is 0 Å². The zero-order valence-corrected chi connectivity index (χ0v) is 9.30. The quantitative estimate of drug-likeness (QED) is 0.728. The van der Waals surface area contributed by atoms with Gasteiger partial charge in [-0.3, -0.25) is 0 Å². The molecule has 1 rings (SSSR count). The van der Waals surface area contributed by atoms with E-state index in [1.54, 1.807) is 4.90 Å². The van der Waals surface area contributed by atoms with Gasteiger partial charge < -0.3 is 15.0 Å². The number of piperidine rings is 1. The first-order valence-corrected chi connectivity index (χ1v) is 5.22. The largest absolute Gasteiger partial charge is 0.450 e. The third-order valence-corrected chi connectivity index (χ3v) is 3.00. The van der Waals surface area contributed by atoms with Gasteiger partial charge in [-0.25, -0.2) is 4.79 Å². The summed E-state index contributed by atoms with van der Waals surface area (Å²) in [5.41, 5.74) is 0.184. The fourth-order valence-corrected chi connectivity index (χ4v) is 1.65. The van der Waals surface area contributed by atoms with Gasteiger partial charge in [0, 0.05) is 18.6 Å². The molecule has 0 aromatic rings. The fraction of sp³-hybridized carbons (Fsp3) is 0.900. The van der Waals surface area contributed by atoms with Crippen LogP contribution in [0.3, 0.4) is 0 Å². The van der Waals surface area contributed by atoms with Gasteiger partial charge in [-0.2, -0.15) is 0 Å². The highest BCUT2D eigenvalue weighted by molar-refractivity contribution is 5.67. The van der Waals surface area contributed by atoms with Crippen molar-refractivity contribution in [1.82, 2.24) is 10.2 Å². The van der Waals surface area contributed by atoms with E-state index in [0.717, 1.165) is 25.9 Å². The molecule has 1 N–H and O–H groups in total. The molecule has 1 aliphatic rings. The summed E-state index contributed by atoms with van der Waals surface area (Å²) in [5, 5.41) is 3.29. The predicted molar refractivity (Wildman–Crippen MR) is 55.3 cm³/mol. The van der Waals surface area contributed by atoms with Crippen LogP contribution in [0.5, 0.6) is 0 Å². The number of ether oxygens (including phenoxy) is 1. The highest BCUT2D eigenvalue weighted by Crippen LogP contribution is 2.21. The Kier molecular flexibility index (Phi) is 3.75. The van der Waals surface area contributed by atoms with Crippen molar-refractivity contribution in [3.8, 4) is 0 Å². The number of amides is 1. The molecule has 1 saturated heterocycles. The van der Waals surface area contributed by atoms with Gasteiger partial charge in [0.05, 0.1) is 6.61 Å². The number of nitrogens with zero attached hydrogens (tertiary/aromatic N) is 1. The summed E-state index contributed by atoms with van der Waals surface area (Å²) in [6.07, 6.45) is 1.80. The molecule has 0 unspecified atom stereocenters. The molecule has 1 heterocycles. The normalized spacial score (nSPS) is 20.6. The van der Waals surface area contributed by atoms with Gasteiger partial charge in [0.2, 0.25) is 0 Å². The van der Waals surface area contributed by atoms with E-state index in [0.29, 0.717) is 6.61 Å². The van der Waals surface area contributed by atoms with Crippen LogP contribution in [-0.4, -0.2) is 43.3 Å². The van der Waals surface area contributed by atoms with Crippen LogP contribution in [-0.2, 0) is 4.74 Å². The Bertz CT molecular complexity index is 198. The van der Waals surface area contributed by atoms with Crippen molar-refractivity contribution in [3.63, 3.8) is 0 Å². The second-order valence-corrected chi connectivity index (χ2v) is 4.00. The van der Waals surface area contributed by atoms with E-state index in [4.69, 9.17) is 4.74 Å². The Labute approximate surface area is 85.6 Å². The number of rotatable bonds is 2. The molecule has 0 aromatic carbocycles. The maximum absolute atomic E-state index is 11.4. The smallest absolute Gasteiger partial charge is 0.409 e. The van der Waals surface area contributed by atoms with Gasteiger partial charge in [0.25, 0.3) is 0 Å². The summed E-state index contributed by atoms with van der Waals surface area (Å²) in [6.45, 7) is 6.06. The van der Waals surface area contributed by atoms with E-state index in [-0.39, 0.29) is 11.6 Å². The van der Waals surface area contributed by atoms with Crippen molar-refractivity contribution in [3.05, 3.63) is 0 Å². The lowest BCUT2D eigenvalue weighted by molar-refractivity contribution is 0.0851. The Balaban J connectivity index is 2.39. The lowest BCUT2D eigenvalue weighted by atomic mass is 9.90. The number of hydrogen-bond acceptors (Lipinski definition) is 3. The minimum atomic E-state index is -0.175. The Morgan fingerprint density at radius 2 is 2.07 bits per heavy atom. The summed E-state index contributed by atoms with van der Waals surface area (Å²) in [4.78, 5) is 13.2. The van der Waals surface area contributed by atoms with Gasteiger partial charge >= 0.3 is 6.09 Å². The maximum Gasteiger partial charge on any atom is 0.409 e. The van der Waals surface area contributed by atoms with E-state index in [2.05, 4.69) is 12.2 Å². The maximum atomic E-state index is 11.4. The summed E-state index contributed by atoms with van der Waals surface area (Å²) < 4.78 is 4.95. The molecule has 0 saturated carbocycles. The molecular formula is C10H20N2O2. The molecule has 0 aliphatic carbocycles. The second-order valence-electron chi connectivity index (χ2n) is 4.00. The van der Waals surface area contributed by atoms with Crippen molar-refractivity contribution in [1.29, 1.82) is 0 Å². The van der Waals surface area contributed by atoms with Crippen molar-refractivity contribution in [2.45, 2.75) is 32.2 Å². The predicted octanol–water partition coefficient (Wildman–Crippen LogP) is 1.22. The third kappa shape index (κ3) is 2.61. The first kappa shape index (κ1) is 11.3. The topological polar surface area (TPSA) is 41.6 Å². The van der Waals surface area contributed by atoms with Crippen LogP contribution in [0.15, 0.2) is 0 Å². The first-order valence-electron chi connectivity index (χ1n) is 5.22. The minimum Gasteiger partial charge on any atom is -0.450 e. The van der Waals surface area contributed by atoms with E-state index in [1.807, 2.05) is 14.0 Å². The summed E-state index contributed by atoms with van der Waals surface area (Å²) >= 11 is 0. The van der Waals surface area contributed by atoms with E-state index >= 15 is 0 Å². The Morgan fingerprint density at radius 3 is 2.50 bits per heavy atom. The molecule has 1 aliphatic heterocycles. The molecule has 4 nitrogen and oxygen atoms in total. The lowest BCUT2D eigenvalue weighted by Gasteiger charge is -2.38. The first-order chi connectivity index (χ1) is 6.61. The van der Waals surface area contributed by atoms with Crippen LogP contribution >= 0.6 is 0 Å². The molecule has 14 heavy (non-hydrogen) atoms. The third-order valence-electron chi connectivity index (χ3n) is 3.00. The molecule has 0 bridgehead atoms. The highest BCUT2D eigenvalue weighted by atomic mass is 16.6. The molecule has 82 valence electrons. The minimum absolute atomic E-state index is 0.175. The molecule has 0 spiro atoms. The summed E-state index contributed by atoms with van der Waals surface area (Å²) in [5.74, 6) is 0. The number of likely N-dealkylation sites (tertiary alicyclic amines) is 1. The zero-order chi connectivity index (χ0) is 10.6. The number of carbonyl (C=O) groups is 1. The van der Waals surface area contributed by atoms with Crippen molar-refractivity contribution in [2.24, 2.45) is 0 Å². The van der Waals surface area contributed by atoms with Gasteiger partial charge in [-0.05, 0) is 33.7 Å². The molecular weight excluding hydrogens is 180 g/mol. The van der Waals surface area contributed by atoms with Crippen molar-refractivity contribution < 1.29 is 9.53 Å². The van der Waals surface area contributed by atoms with Crippen LogP contribution in [0.25, 0.3) is 0 Å². The molecule has 1 amide bonds. The van der Waals surface area contributed by atoms with Gasteiger partial charge in [0.15, 0.2) is 0 Å². The highest BCUT2D eigenvalue weighted by Gasteiger charge is 2.30. The molecule has 0 atom stereocenters. The lowest BCUT2D eigenvalue weighted by Crippen LogP contribution is -2.51. The molecule has 1 fully saturated rings. The Hall–Kier alpha value is -0.770. The average molecular weight is 200 g/mol. The van der Waals surface area contributed by atoms with Crippen LogP contribution in [0.2, 0.25) is 0 Å². The van der Waals surface area contributed by atoms with Crippen molar-refractivity contribution >= 4 is 6.09 Å². The number of hydrogen-bond donors (Lipinski definition) is 1. The Morgan fingerprint density at radius 1 is 1.50 bits per heavy atom. The van der Waals surface area contributed by atoms with E-state index in [1.165, 1.54) is 0 Å². The van der Waals surface area contributed by atoms with Crippen molar-refractivity contribution in [2.75, 3.05) is 26.7 Å². The van der Waals surface area contributed by atoms with Crippen LogP contribution in [0.4, 0.5) is 4.79 Å². The van der Waals surface area contributed by atoms with Gasteiger partial charge in [-0.15, -0.1) is 0 Å². The second kappa shape index (κ2) is 4.64. The average Bonchev–Trinajstić information content (AvgIpc) is 2.19. The van der Waals surface area contributed by atoms with Crippen LogP contribution < -0.4 is 5.32 Å².